The smallest absolute Gasteiger partial charge is 0.135 e. The predicted molar refractivity (Wildman–Crippen MR) is 60.7 cm³/mol. The van der Waals surface area contributed by atoms with Crippen molar-refractivity contribution >= 4 is 22.5 Å². The molecular weight excluding hydrogens is 232 g/mol. The Balaban J connectivity index is 2.69. The Labute approximate surface area is 97.1 Å². The molecule has 16 heavy (non-hydrogen) atoms. The molecule has 0 aliphatic rings. The Morgan fingerprint density at radius 2 is 2.00 bits per heavy atom. The number of nitrogens with zero attached hydrogens (tertiary/aromatic N) is 1. The highest BCUT2D eigenvalue weighted by Gasteiger charge is 2.09. The molecule has 0 fully saturated rings. The molecule has 0 bridgehead atoms. The van der Waals surface area contributed by atoms with Crippen LogP contribution in [0.2, 0.25) is 5.15 Å². The maximum atomic E-state index is 13.5. The van der Waals surface area contributed by atoms with Crippen molar-refractivity contribution in [2.45, 2.75) is 19.8 Å². The van der Waals surface area contributed by atoms with Gasteiger partial charge in [-0.05, 0) is 18.1 Å². The number of rotatable bonds is 2. The van der Waals surface area contributed by atoms with E-state index in [9.17, 15) is 8.78 Å². The zero-order chi connectivity index (χ0) is 11.7. The van der Waals surface area contributed by atoms with Crippen molar-refractivity contribution in [3.8, 4) is 0 Å². The fraction of sp³-hybridized carbons (Fsp3) is 0.250. The van der Waals surface area contributed by atoms with Crippen LogP contribution in [0.25, 0.3) is 10.9 Å². The van der Waals surface area contributed by atoms with Crippen molar-refractivity contribution in [2.24, 2.45) is 0 Å². The number of halogens is 3. The first kappa shape index (κ1) is 11.3. The Bertz CT molecular complexity index is 540. The highest BCUT2D eigenvalue weighted by Crippen LogP contribution is 2.24. The summed E-state index contributed by atoms with van der Waals surface area (Å²) in [5.41, 5.74) is 1.05. The maximum Gasteiger partial charge on any atom is 0.135 e. The lowest BCUT2D eigenvalue weighted by molar-refractivity contribution is 0.591. The van der Waals surface area contributed by atoms with Crippen LogP contribution in [0.1, 0.15) is 18.9 Å². The first-order chi connectivity index (χ1) is 7.61. The number of fused-ring (bicyclic) bond motifs is 1. The molecule has 0 atom stereocenters. The maximum absolute atomic E-state index is 13.5. The van der Waals surface area contributed by atoms with Crippen LogP contribution in [-0.2, 0) is 6.42 Å². The molecule has 2 aromatic rings. The zero-order valence-corrected chi connectivity index (χ0v) is 9.48. The number of hydrogen-bond acceptors (Lipinski definition) is 1. The third-order valence-electron chi connectivity index (χ3n) is 2.39. The molecule has 0 aliphatic carbocycles. The SMILES string of the molecule is CCCc1cc2c(F)cc(F)cc2nc1Cl. The zero-order valence-electron chi connectivity index (χ0n) is 8.73. The summed E-state index contributed by atoms with van der Waals surface area (Å²) in [6.07, 6.45) is 1.63. The van der Waals surface area contributed by atoms with Gasteiger partial charge in [0.1, 0.15) is 16.8 Å². The van der Waals surface area contributed by atoms with Gasteiger partial charge in [0, 0.05) is 17.5 Å². The second kappa shape index (κ2) is 4.34. The highest BCUT2D eigenvalue weighted by molar-refractivity contribution is 6.30. The number of benzene rings is 1. The van der Waals surface area contributed by atoms with Gasteiger partial charge in [0.2, 0.25) is 0 Å². The molecule has 1 aromatic carbocycles. The second-order valence-electron chi connectivity index (χ2n) is 3.64. The predicted octanol–water partition coefficient (Wildman–Crippen LogP) is 4.12. The average molecular weight is 242 g/mol. The largest absolute Gasteiger partial charge is 0.236 e. The minimum Gasteiger partial charge on any atom is -0.236 e. The van der Waals surface area contributed by atoms with Crippen LogP contribution in [0.5, 0.6) is 0 Å². The molecule has 1 nitrogen and oxygen atoms in total. The van der Waals surface area contributed by atoms with Crippen LogP contribution in [0.4, 0.5) is 8.78 Å². The molecule has 0 spiro atoms. The molecule has 1 heterocycles. The van der Waals surface area contributed by atoms with Crippen LogP contribution in [0.15, 0.2) is 18.2 Å². The van der Waals surface area contributed by atoms with E-state index in [1.165, 1.54) is 6.07 Å². The Morgan fingerprint density at radius 1 is 1.25 bits per heavy atom. The van der Waals surface area contributed by atoms with E-state index in [1.807, 2.05) is 6.92 Å². The van der Waals surface area contributed by atoms with Gasteiger partial charge in [-0.2, -0.15) is 0 Å². The van der Waals surface area contributed by atoms with E-state index >= 15 is 0 Å². The number of hydrogen-bond donors (Lipinski definition) is 0. The molecule has 0 saturated carbocycles. The van der Waals surface area contributed by atoms with E-state index in [0.717, 1.165) is 24.5 Å². The van der Waals surface area contributed by atoms with Gasteiger partial charge in [0.05, 0.1) is 5.52 Å². The molecule has 2 rings (SSSR count). The fourth-order valence-corrected chi connectivity index (χ4v) is 1.90. The molecule has 84 valence electrons. The van der Waals surface area contributed by atoms with Gasteiger partial charge in [0.25, 0.3) is 0 Å². The van der Waals surface area contributed by atoms with Crippen molar-refractivity contribution in [1.82, 2.24) is 4.98 Å². The van der Waals surface area contributed by atoms with Crippen molar-refractivity contribution < 1.29 is 8.78 Å². The third-order valence-corrected chi connectivity index (χ3v) is 2.72. The fourth-order valence-electron chi connectivity index (χ4n) is 1.66. The van der Waals surface area contributed by atoms with Crippen LogP contribution in [-0.4, -0.2) is 4.98 Å². The number of pyridine rings is 1. The first-order valence-corrected chi connectivity index (χ1v) is 5.43. The van der Waals surface area contributed by atoms with Gasteiger partial charge in [-0.3, -0.25) is 0 Å². The van der Waals surface area contributed by atoms with Gasteiger partial charge in [-0.25, -0.2) is 13.8 Å². The van der Waals surface area contributed by atoms with Gasteiger partial charge >= 0.3 is 0 Å². The van der Waals surface area contributed by atoms with E-state index < -0.39 is 11.6 Å². The van der Waals surface area contributed by atoms with Gasteiger partial charge < -0.3 is 0 Å². The first-order valence-electron chi connectivity index (χ1n) is 5.06. The van der Waals surface area contributed by atoms with Crippen molar-refractivity contribution in [2.75, 3.05) is 0 Å². The van der Waals surface area contributed by atoms with Gasteiger partial charge in [-0.15, -0.1) is 0 Å². The summed E-state index contributed by atoms with van der Waals surface area (Å²) in [7, 11) is 0. The van der Waals surface area contributed by atoms with Gasteiger partial charge in [0.15, 0.2) is 0 Å². The lowest BCUT2D eigenvalue weighted by atomic mass is 10.1. The third kappa shape index (κ3) is 2.00. The van der Waals surface area contributed by atoms with Crippen molar-refractivity contribution in [3.05, 3.63) is 40.6 Å². The lowest BCUT2D eigenvalue weighted by Gasteiger charge is -2.05. The molecular formula is C12H10ClF2N. The molecule has 0 radical (unpaired) electrons. The molecule has 1 aromatic heterocycles. The van der Waals surface area contributed by atoms with Crippen molar-refractivity contribution in [3.63, 3.8) is 0 Å². The summed E-state index contributed by atoms with van der Waals surface area (Å²) >= 11 is 5.93. The van der Waals surface area contributed by atoms with Gasteiger partial charge in [-0.1, -0.05) is 24.9 Å². The van der Waals surface area contributed by atoms with E-state index in [0.29, 0.717) is 10.5 Å². The minimum atomic E-state index is -0.642. The van der Waals surface area contributed by atoms with E-state index in [1.54, 1.807) is 6.07 Å². The normalized spacial score (nSPS) is 11.0. The number of aromatic nitrogens is 1. The monoisotopic (exact) mass is 241 g/mol. The molecule has 0 saturated heterocycles. The van der Waals surface area contributed by atoms with Crippen LogP contribution in [0.3, 0.4) is 0 Å². The molecule has 0 N–H and O–H groups in total. The summed E-state index contributed by atoms with van der Waals surface area (Å²) in [5, 5.41) is 0.633. The number of aryl methyl sites for hydroxylation is 1. The Morgan fingerprint density at radius 3 is 2.69 bits per heavy atom. The molecule has 0 aliphatic heterocycles. The Kier molecular flexibility index (Phi) is 3.06. The van der Waals surface area contributed by atoms with E-state index in [-0.39, 0.29) is 5.52 Å². The van der Waals surface area contributed by atoms with Crippen LogP contribution >= 0.6 is 11.6 Å². The summed E-state index contributed by atoms with van der Waals surface area (Å²) in [6.45, 7) is 2.00. The summed E-state index contributed by atoms with van der Waals surface area (Å²) in [4.78, 5) is 4.00. The minimum absolute atomic E-state index is 0.252. The average Bonchev–Trinajstić information content (AvgIpc) is 2.20. The Hall–Kier alpha value is -1.22. The van der Waals surface area contributed by atoms with Crippen LogP contribution in [0, 0.1) is 11.6 Å². The highest BCUT2D eigenvalue weighted by atomic mass is 35.5. The second-order valence-corrected chi connectivity index (χ2v) is 4.00. The molecule has 0 amide bonds. The lowest BCUT2D eigenvalue weighted by Crippen LogP contribution is -1.93. The van der Waals surface area contributed by atoms with Crippen LogP contribution < -0.4 is 0 Å². The quantitative estimate of drug-likeness (QED) is 0.721. The molecule has 4 heteroatoms. The summed E-state index contributed by atoms with van der Waals surface area (Å²) in [5.74, 6) is -1.24. The summed E-state index contributed by atoms with van der Waals surface area (Å²) in [6, 6.07) is 3.68. The molecule has 0 unspecified atom stereocenters. The summed E-state index contributed by atoms with van der Waals surface area (Å²) < 4.78 is 26.4. The standard InChI is InChI=1S/C12H10ClF2N/c1-2-3-7-4-9-10(15)5-8(14)6-11(9)16-12(7)13/h4-6H,2-3H2,1H3. The van der Waals surface area contributed by atoms with Crippen molar-refractivity contribution in [1.29, 1.82) is 0 Å². The van der Waals surface area contributed by atoms with E-state index in [2.05, 4.69) is 4.98 Å². The van der Waals surface area contributed by atoms with E-state index in [4.69, 9.17) is 11.6 Å². The topological polar surface area (TPSA) is 12.9 Å².